The van der Waals surface area contributed by atoms with Crippen LogP contribution in [0.5, 0.6) is 0 Å². The molecule has 0 radical (unpaired) electrons. The van der Waals surface area contributed by atoms with Crippen molar-refractivity contribution in [3.8, 4) is 0 Å². The van der Waals surface area contributed by atoms with Crippen molar-refractivity contribution in [1.29, 1.82) is 0 Å². The quantitative estimate of drug-likeness (QED) is 0.869. The minimum atomic E-state index is -4.53. The first-order chi connectivity index (χ1) is 10.3. The molecule has 1 N–H and O–H groups in total. The number of anilines is 1. The molecule has 118 valence electrons. The lowest BCUT2D eigenvalue weighted by atomic mass is 10.4. The highest BCUT2D eigenvalue weighted by Gasteiger charge is 2.34. The summed E-state index contributed by atoms with van der Waals surface area (Å²) in [6.07, 6.45) is -2.41. The van der Waals surface area contributed by atoms with E-state index in [9.17, 15) is 13.2 Å². The largest absolute Gasteiger partial charge is 0.433 e. The molecule has 1 aliphatic carbocycles. The molecule has 2 heterocycles. The van der Waals surface area contributed by atoms with Crippen molar-refractivity contribution >= 4 is 17.6 Å². The minimum Gasteiger partial charge on any atom is -0.363 e. The van der Waals surface area contributed by atoms with E-state index >= 15 is 0 Å². The summed E-state index contributed by atoms with van der Waals surface area (Å²) < 4.78 is 38.7. The molecular weight excluding hydrogens is 317 g/mol. The summed E-state index contributed by atoms with van der Waals surface area (Å²) >= 11 is 0.913. The van der Waals surface area contributed by atoms with Gasteiger partial charge < -0.3 is 4.90 Å². The van der Waals surface area contributed by atoms with Gasteiger partial charge in [0.2, 0.25) is 5.16 Å². The molecule has 0 bridgehead atoms. The van der Waals surface area contributed by atoms with E-state index in [1.807, 2.05) is 0 Å². The summed E-state index contributed by atoms with van der Waals surface area (Å²) in [5, 5.41) is 7.09. The zero-order chi connectivity index (χ0) is 15.9. The Morgan fingerprint density at radius 2 is 1.91 bits per heavy atom. The summed E-state index contributed by atoms with van der Waals surface area (Å²) in [6, 6.07) is 0.914. The highest BCUT2D eigenvalue weighted by Crippen LogP contribution is 2.39. The van der Waals surface area contributed by atoms with E-state index in [0.29, 0.717) is 11.1 Å². The molecule has 0 aromatic carbocycles. The lowest BCUT2D eigenvalue weighted by Gasteiger charge is -2.14. The molecule has 1 fully saturated rings. The van der Waals surface area contributed by atoms with Gasteiger partial charge in [0.15, 0.2) is 10.9 Å². The van der Waals surface area contributed by atoms with Crippen LogP contribution in [0.4, 0.5) is 19.0 Å². The monoisotopic (exact) mass is 330 g/mol. The standard InChI is InChI=1S/C12H13F3N6S/c1-21(2)8-5-7(12(13,14)15)16-10(17-8)22-11-18-9(19-20-11)6-3-4-6/h5-6H,3-4H2,1-2H3,(H,18,19,20). The van der Waals surface area contributed by atoms with Crippen LogP contribution in [0.25, 0.3) is 0 Å². The van der Waals surface area contributed by atoms with Gasteiger partial charge in [0.05, 0.1) is 0 Å². The van der Waals surface area contributed by atoms with Crippen molar-refractivity contribution in [2.24, 2.45) is 0 Å². The van der Waals surface area contributed by atoms with E-state index in [1.165, 1.54) is 4.90 Å². The Morgan fingerprint density at radius 3 is 2.50 bits per heavy atom. The zero-order valence-electron chi connectivity index (χ0n) is 11.8. The van der Waals surface area contributed by atoms with Crippen LogP contribution < -0.4 is 4.90 Å². The fourth-order valence-electron chi connectivity index (χ4n) is 1.76. The van der Waals surface area contributed by atoms with E-state index in [0.717, 1.165) is 36.5 Å². The molecule has 2 aromatic heterocycles. The summed E-state index contributed by atoms with van der Waals surface area (Å²) in [6.45, 7) is 0. The highest BCUT2D eigenvalue weighted by atomic mass is 32.2. The number of hydrogen-bond donors (Lipinski definition) is 1. The minimum absolute atomic E-state index is 0.0279. The number of hydrogen-bond acceptors (Lipinski definition) is 6. The van der Waals surface area contributed by atoms with Crippen LogP contribution in [0.1, 0.15) is 30.3 Å². The molecule has 2 aromatic rings. The number of nitrogens with one attached hydrogen (secondary N) is 1. The third-order valence-electron chi connectivity index (χ3n) is 3.07. The van der Waals surface area contributed by atoms with E-state index in [1.54, 1.807) is 14.1 Å². The molecule has 1 saturated carbocycles. The summed E-state index contributed by atoms with van der Waals surface area (Å²) in [5.74, 6) is 1.34. The fraction of sp³-hybridized carbons (Fsp3) is 0.500. The average Bonchev–Trinajstić information content (AvgIpc) is 3.18. The predicted molar refractivity (Wildman–Crippen MR) is 73.8 cm³/mol. The first-order valence-electron chi connectivity index (χ1n) is 6.56. The Bertz CT molecular complexity index is 680. The van der Waals surface area contributed by atoms with E-state index in [2.05, 4.69) is 25.1 Å². The van der Waals surface area contributed by atoms with Crippen LogP contribution in [0.15, 0.2) is 16.4 Å². The van der Waals surface area contributed by atoms with Crippen molar-refractivity contribution in [2.45, 2.75) is 35.2 Å². The third kappa shape index (κ3) is 3.32. The van der Waals surface area contributed by atoms with Gasteiger partial charge in [0.25, 0.3) is 0 Å². The normalized spacial score (nSPS) is 15.1. The molecule has 1 aliphatic rings. The molecule has 0 amide bonds. The molecular formula is C12H13F3N6S. The third-order valence-corrected chi connectivity index (χ3v) is 3.80. The van der Waals surface area contributed by atoms with Crippen LogP contribution in [0.2, 0.25) is 0 Å². The number of halogens is 3. The van der Waals surface area contributed by atoms with Gasteiger partial charge in [-0.1, -0.05) is 0 Å². The van der Waals surface area contributed by atoms with Gasteiger partial charge in [-0.05, 0) is 24.6 Å². The molecule has 0 atom stereocenters. The second-order valence-corrected chi connectivity index (χ2v) is 6.10. The van der Waals surface area contributed by atoms with E-state index < -0.39 is 11.9 Å². The number of H-pyrrole nitrogens is 1. The second-order valence-electron chi connectivity index (χ2n) is 5.17. The topological polar surface area (TPSA) is 70.6 Å². The lowest BCUT2D eigenvalue weighted by Crippen LogP contribution is -2.16. The Balaban J connectivity index is 1.89. The predicted octanol–water partition coefficient (Wildman–Crippen LogP) is 2.71. The Kier molecular flexibility index (Phi) is 3.71. The summed E-state index contributed by atoms with van der Waals surface area (Å²) in [4.78, 5) is 13.4. The molecule has 0 unspecified atom stereocenters. The van der Waals surface area contributed by atoms with E-state index in [4.69, 9.17) is 0 Å². The van der Waals surface area contributed by atoms with Gasteiger partial charge in [-0.15, -0.1) is 5.10 Å². The van der Waals surface area contributed by atoms with Crippen molar-refractivity contribution in [3.63, 3.8) is 0 Å². The maximum atomic E-state index is 12.9. The average molecular weight is 330 g/mol. The molecule has 0 saturated heterocycles. The van der Waals surface area contributed by atoms with Gasteiger partial charge in [0.1, 0.15) is 11.6 Å². The number of rotatable bonds is 4. The number of nitrogens with zero attached hydrogens (tertiary/aromatic N) is 5. The fourth-order valence-corrected chi connectivity index (χ4v) is 2.44. The SMILES string of the molecule is CN(C)c1cc(C(F)(F)F)nc(Sc2n[nH]c(C3CC3)n2)n1. The maximum Gasteiger partial charge on any atom is 0.433 e. The van der Waals surface area contributed by atoms with Gasteiger partial charge >= 0.3 is 6.18 Å². The zero-order valence-corrected chi connectivity index (χ0v) is 12.7. The van der Waals surface area contributed by atoms with Crippen LogP contribution >= 0.6 is 11.8 Å². The van der Waals surface area contributed by atoms with Gasteiger partial charge in [-0.2, -0.15) is 13.2 Å². The lowest BCUT2D eigenvalue weighted by molar-refractivity contribution is -0.141. The molecule has 3 rings (SSSR count). The van der Waals surface area contributed by atoms with Crippen molar-refractivity contribution in [3.05, 3.63) is 17.6 Å². The van der Waals surface area contributed by atoms with Crippen molar-refractivity contribution in [2.75, 3.05) is 19.0 Å². The van der Waals surface area contributed by atoms with Gasteiger partial charge in [-0.3, -0.25) is 5.10 Å². The second kappa shape index (κ2) is 5.41. The summed E-state index contributed by atoms with van der Waals surface area (Å²) in [5.41, 5.74) is -0.980. The van der Waals surface area contributed by atoms with Crippen molar-refractivity contribution < 1.29 is 13.2 Å². The Hall–Kier alpha value is -1.84. The molecule has 10 heteroatoms. The summed E-state index contributed by atoms with van der Waals surface area (Å²) in [7, 11) is 3.24. The highest BCUT2D eigenvalue weighted by molar-refractivity contribution is 7.99. The molecule has 0 aliphatic heterocycles. The van der Waals surface area contributed by atoms with Crippen molar-refractivity contribution in [1.82, 2.24) is 25.1 Å². The maximum absolute atomic E-state index is 12.9. The number of alkyl halides is 3. The van der Waals surface area contributed by atoms with Gasteiger partial charge in [0, 0.05) is 26.1 Å². The Morgan fingerprint density at radius 1 is 1.18 bits per heavy atom. The molecule has 6 nitrogen and oxygen atoms in total. The van der Waals surface area contributed by atoms with Crippen LogP contribution in [0, 0.1) is 0 Å². The molecule has 0 spiro atoms. The number of aromatic nitrogens is 5. The first kappa shape index (κ1) is 15.1. The van der Waals surface area contributed by atoms with Crippen LogP contribution in [0.3, 0.4) is 0 Å². The number of aromatic amines is 1. The Labute approximate surface area is 128 Å². The smallest absolute Gasteiger partial charge is 0.363 e. The van der Waals surface area contributed by atoms with Gasteiger partial charge in [-0.25, -0.2) is 15.0 Å². The molecule has 22 heavy (non-hydrogen) atoms. The van der Waals surface area contributed by atoms with E-state index in [-0.39, 0.29) is 11.0 Å². The van der Waals surface area contributed by atoms with Crippen LogP contribution in [-0.2, 0) is 6.18 Å². The first-order valence-corrected chi connectivity index (χ1v) is 7.38. The van der Waals surface area contributed by atoms with Crippen LogP contribution in [-0.4, -0.2) is 39.2 Å².